The molecule has 1 aromatic rings. The number of nitrogens with one attached hydrogen (secondary N) is 1. The average molecular weight is 261 g/mol. The summed E-state index contributed by atoms with van der Waals surface area (Å²) in [5.74, 6) is 5.18. The first kappa shape index (κ1) is 14.4. The van der Waals surface area contributed by atoms with Crippen LogP contribution in [0.2, 0.25) is 5.02 Å². The lowest BCUT2D eigenvalue weighted by Crippen LogP contribution is -2.44. The molecule has 0 aliphatic carbocycles. The van der Waals surface area contributed by atoms with Crippen LogP contribution in [0.3, 0.4) is 0 Å². The van der Waals surface area contributed by atoms with Crippen molar-refractivity contribution in [2.24, 2.45) is 5.84 Å². The molecule has 1 atom stereocenters. The summed E-state index contributed by atoms with van der Waals surface area (Å²) < 4.78 is 18.9. The highest BCUT2D eigenvalue weighted by atomic mass is 35.5. The second-order valence-electron chi connectivity index (χ2n) is 4.30. The molecule has 96 valence electrons. The van der Waals surface area contributed by atoms with Gasteiger partial charge in [-0.2, -0.15) is 0 Å². The summed E-state index contributed by atoms with van der Waals surface area (Å²) in [6.07, 6.45) is 0. The minimum Gasteiger partial charge on any atom is -0.374 e. The van der Waals surface area contributed by atoms with E-state index in [9.17, 15) is 4.39 Å². The highest BCUT2D eigenvalue weighted by Gasteiger charge is 2.32. The Morgan fingerprint density at radius 3 is 2.71 bits per heavy atom. The molecule has 5 heteroatoms. The van der Waals surface area contributed by atoms with Gasteiger partial charge in [-0.05, 0) is 44.5 Å². The standard InChI is InChI=1S/C12H18ClFN2O/c1-4-17-12(2,3)11(16-15)9-7-8(14)5-6-10(9)13/h5-7,11,16H,4,15H2,1-3H3. The smallest absolute Gasteiger partial charge is 0.123 e. The fourth-order valence-corrected chi connectivity index (χ4v) is 2.08. The van der Waals surface area contributed by atoms with Crippen LogP contribution in [0.1, 0.15) is 32.4 Å². The van der Waals surface area contributed by atoms with Crippen LogP contribution in [0.25, 0.3) is 0 Å². The molecule has 0 saturated carbocycles. The molecule has 0 aliphatic heterocycles. The molecule has 1 aromatic carbocycles. The first-order chi connectivity index (χ1) is 7.92. The predicted octanol–water partition coefficient (Wildman–Crippen LogP) is 2.80. The van der Waals surface area contributed by atoms with Crippen LogP contribution < -0.4 is 11.3 Å². The molecule has 0 fully saturated rings. The Hall–Kier alpha value is -0.680. The van der Waals surface area contributed by atoms with E-state index in [1.807, 2.05) is 20.8 Å². The van der Waals surface area contributed by atoms with Gasteiger partial charge in [0.05, 0.1) is 11.6 Å². The van der Waals surface area contributed by atoms with Crippen LogP contribution in [0.5, 0.6) is 0 Å². The second-order valence-corrected chi connectivity index (χ2v) is 4.71. The van der Waals surface area contributed by atoms with E-state index in [2.05, 4.69) is 5.43 Å². The number of rotatable bonds is 5. The SMILES string of the molecule is CCOC(C)(C)C(NN)c1cc(F)ccc1Cl. The number of nitrogens with two attached hydrogens (primary N) is 1. The zero-order valence-corrected chi connectivity index (χ0v) is 11.0. The van der Waals surface area contributed by atoms with E-state index in [0.717, 1.165) is 0 Å². The zero-order valence-electron chi connectivity index (χ0n) is 10.3. The molecule has 0 bridgehead atoms. The molecular weight excluding hydrogens is 243 g/mol. The summed E-state index contributed by atoms with van der Waals surface area (Å²) >= 11 is 6.06. The van der Waals surface area contributed by atoms with E-state index < -0.39 is 5.60 Å². The van der Waals surface area contributed by atoms with Gasteiger partial charge in [-0.25, -0.2) is 4.39 Å². The van der Waals surface area contributed by atoms with Gasteiger partial charge in [-0.1, -0.05) is 11.6 Å². The lowest BCUT2D eigenvalue weighted by molar-refractivity contribution is -0.0393. The topological polar surface area (TPSA) is 47.3 Å². The minimum atomic E-state index is -0.582. The van der Waals surface area contributed by atoms with Gasteiger partial charge in [-0.15, -0.1) is 0 Å². The van der Waals surface area contributed by atoms with Crippen LogP contribution in [0.15, 0.2) is 18.2 Å². The lowest BCUT2D eigenvalue weighted by atomic mass is 9.92. The van der Waals surface area contributed by atoms with Crippen molar-refractivity contribution in [2.75, 3.05) is 6.61 Å². The van der Waals surface area contributed by atoms with Crippen LogP contribution in [0, 0.1) is 5.82 Å². The van der Waals surface area contributed by atoms with Gasteiger partial charge < -0.3 is 4.74 Å². The highest BCUT2D eigenvalue weighted by molar-refractivity contribution is 6.31. The monoisotopic (exact) mass is 260 g/mol. The molecule has 1 rings (SSSR count). The number of hydrazine groups is 1. The van der Waals surface area contributed by atoms with Gasteiger partial charge in [0.15, 0.2) is 0 Å². The second kappa shape index (κ2) is 5.78. The number of hydrogen-bond acceptors (Lipinski definition) is 3. The lowest BCUT2D eigenvalue weighted by Gasteiger charge is -2.34. The van der Waals surface area contributed by atoms with Crippen molar-refractivity contribution in [2.45, 2.75) is 32.4 Å². The largest absolute Gasteiger partial charge is 0.374 e. The average Bonchev–Trinajstić information content (AvgIpc) is 2.23. The maximum Gasteiger partial charge on any atom is 0.123 e. The number of hydrogen-bond donors (Lipinski definition) is 2. The van der Waals surface area contributed by atoms with Gasteiger partial charge in [0.1, 0.15) is 5.82 Å². The van der Waals surface area contributed by atoms with E-state index in [0.29, 0.717) is 17.2 Å². The van der Waals surface area contributed by atoms with Gasteiger partial charge in [0.2, 0.25) is 0 Å². The third kappa shape index (κ3) is 3.39. The Morgan fingerprint density at radius 2 is 2.18 bits per heavy atom. The van der Waals surface area contributed by atoms with Crippen molar-refractivity contribution in [3.8, 4) is 0 Å². The van der Waals surface area contributed by atoms with Crippen molar-refractivity contribution >= 4 is 11.6 Å². The molecule has 3 N–H and O–H groups in total. The van der Waals surface area contributed by atoms with E-state index in [1.165, 1.54) is 18.2 Å². The molecule has 0 amide bonds. The van der Waals surface area contributed by atoms with E-state index >= 15 is 0 Å². The third-order valence-electron chi connectivity index (χ3n) is 2.65. The summed E-state index contributed by atoms with van der Waals surface area (Å²) in [5.41, 5.74) is 2.64. The van der Waals surface area contributed by atoms with E-state index in [-0.39, 0.29) is 11.9 Å². The quantitative estimate of drug-likeness (QED) is 0.632. The summed E-state index contributed by atoms with van der Waals surface area (Å²) in [5, 5.41) is 0.460. The fourth-order valence-electron chi connectivity index (χ4n) is 1.86. The van der Waals surface area contributed by atoms with Crippen LogP contribution in [-0.4, -0.2) is 12.2 Å². The Kier molecular flexibility index (Phi) is 4.89. The van der Waals surface area contributed by atoms with Crippen molar-refractivity contribution in [3.05, 3.63) is 34.6 Å². The number of halogens is 2. The highest BCUT2D eigenvalue weighted by Crippen LogP contribution is 2.33. The maximum atomic E-state index is 13.2. The number of ether oxygens (including phenoxy) is 1. The minimum absolute atomic E-state index is 0.350. The Balaban J connectivity index is 3.13. The molecule has 1 unspecified atom stereocenters. The van der Waals surface area contributed by atoms with Crippen LogP contribution >= 0.6 is 11.6 Å². The Morgan fingerprint density at radius 1 is 1.53 bits per heavy atom. The van der Waals surface area contributed by atoms with Gasteiger partial charge in [0.25, 0.3) is 0 Å². The van der Waals surface area contributed by atoms with Crippen molar-refractivity contribution in [1.29, 1.82) is 0 Å². The predicted molar refractivity (Wildman–Crippen MR) is 67.2 cm³/mol. The summed E-state index contributed by atoms with van der Waals surface area (Å²) in [7, 11) is 0. The molecule has 0 heterocycles. The van der Waals surface area contributed by atoms with Crippen molar-refractivity contribution in [3.63, 3.8) is 0 Å². The van der Waals surface area contributed by atoms with Gasteiger partial charge in [0, 0.05) is 11.6 Å². The molecular formula is C12H18ClFN2O. The Labute approximate surface area is 106 Å². The molecule has 0 radical (unpaired) electrons. The van der Waals surface area contributed by atoms with Crippen LogP contribution in [0.4, 0.5) is 4.39 Å². The summed E-state index contributed by atoms with van der Waals surface area (Å²) in [6, 6.07) is 3.81. The summed E-state index contributed by atoms with van der Waals surface area (Å²) in [6.45, 7) is 6.19. The zero-order chi connectivity index (χ0) is 13.1. The Bertz CT molecular complexity index is 385. The van der Waals surface area contributed by atoms with E-state index in [1.54, 1.807) is 0 Å². The maximum absolute atomic E-state index is 13.2. The van der Waals surface area contributed by atoms with Gasteiger partial charge in [-0.3, -0.25) is 11.3 Å². The van der Waals surface area contributed by atoms with Crippen molar-refractivity contribution in [1.82, 2.24) is 5.43 Å². The molecule has 0 saturated heterocycles. The fraction of sp³-hybridized carbons (Fsp3) is 0.500. The van der Waals surface area contributed by atoms with Crippen LogP contribution in [-0.2, 0) is 4.74 Å². The first-order valence-corrected chi connectivity index (χ1v) is 5.85. The molecule has 0 aromatic heterocycles. The first-order valence-electron chi connectivity index (χ1n) is 5.47. The normalized spacial score (nSPS) is 13.8. The van der Waals surface area contributed by atoms with Crippen molar-refractivity contribution < 1.29 is 9.13 Å². The molecule has 17 heavy (non-hydrogen) atoms. The summed E-state index contributed by atoms with van der Waals surface area (Å²) in [4.78, 5) is 0. The molecule has 0 aliphatic rings. The molecule has 0 spiro atoms. The van der Waals surface area contributed by atoms with E-state index in [4.69, 9.17) is 22.2 Å². The third-order valence-corrected chi connectivity index (χ3v) is 2.99. The molecule has 3 nitrogen and oxygen atoms in total. The number of benzene rings is 1. The van der Waals surface area contributed by atoms with Gasteiger partial charge >= 0.3 is 0 Å².